The predicted octanol–water partition coefficient (Wildman–Crippen LogP) is 4.29. The van der Waals surface area contributed by atoms with Gasteiger partial charge in [0.05, 0.1) is 0 Å². The van der Waals surface area contributed by atoms with Gasteiger partial charge in [0.15, 0.2) is 0 Å². The van der Waals surface area contributed by atoms with Crippen LogP contribution in [0.25, 0.3) is 0 Å². The van der Waals surface area contributed by atoms with E-state index in [1.54, 1.807) is 0 Å². The van der Waals surface area contributed by atoms with E-state index < -0.39 is 7.14 Å². The topological polar surface area (TPSA) is 0 Å². The summed E-state index contributed by atoms with van der Waals surface area (Å²) in [6.45, 7) is 14.9. The molecule has 0 N–H and O–H groups in total. The molecule has 0 spiro atoms. The number of hydrogen-bond donors (Lipinski definition) is 0. The van der Waals surface area contributed by atoms with Gasteiger partial charge >= 0.3 is 7.00 Å². The van der Waals surface area contributed by atoms with Crippen molar-refractivity contribution in [1.82, 2.24) is 0 Å². The van der Waals surface area contributed by atoms with Crippen LogP contribution in [0.5, 0.6) is 0 Å². The molecular weight excluding hydrogens is 186 g/mol. The van der Waals surface area contributed by atoms with Crippen molar-refractivity contribution < 1.29 is 0 Å². The minimum atomic E-state index is -0.685. The van der Waals surface area contributed by atoms with Crippen LogP contribution in [-0.4, -0.2) is 27.0 Å². The molecule has 0 bridgehead atoms. The maximum absolute atomic E-state index is 2.69. The third-order valence-corrected chi connectivity index (χ3v) is 4.47. The van der Waals surface area contributed by atoms with Crippen LogP contribution in [-0.2, 0) is 0 Å². The van der Waals surface area contributed by atoms with Crippen LogP contribution in [0.2, 0.25) is 5.82 Å². The molecule has 0 aromatic rings. The molecule has 0 nitrogen and oxygen atoms in total. The van der Waals surface area contributed by atoms with Crippen molar-refractivity contribution >= 4 is 14.1 Å². The molecule has 1 rings (SSSR count). The van der Waals surface area contributed by atoms with Crippen LogP contribution in [0, 0.1) is 5.41 Å². The molecule has 1 radical (unpaired) electrons. The molecule has 0 heterocycles. The molecule has 1 fully saturated rings. The minimum Gasteiger partial charge on any atom is -0.0599 e. The molecule has 1 saturated carbocycles. The fraction of sp³-hybridized carbons (Fsp3) is 1.00. The van der Waals surface area contributed by atoms with Crippen LogP contribution < -0.4 is 0 Å². The summed E-state index contributed by atoms with van der Waals surface area (Å²) in [6.07, 6.45) is 7.19. The molecule has 0 aromatic heterocycles. The molecule has 1 aliphatic carbocycles. The fourth-order valence-corrected chi connectivity index (χ4v) is 4.20. The highest BCUT2D eigenvalue weighted by Crippen LogP contribution is 2.51. The van der Waals surface area contributed by atoms with E-state index in [1.165, 1.54) is 32.1 Å². The van der Waals surface area contributed by atoms with Gasteiger partial charge in [-0.2, -0.15) is 0 Å². The summed E-state index contributed by atoms with van der Waals surface area (Å²) < 4.78 is 0. The van der Waals surface area contributed by atoms with Crippen LogP contribution in [0.4, 0.5) is 0 Å². The van der Waals surface area contributed by atoms with E-state index in [-0.39, 0.29) is 0 Å². The van der Waals surface area contributed by atoms with Crippen molar-refractivity contribution in [2.24, 2.45) is 5.41 Å². The Morgan fingerprint density at radius 1 is 1.14 bits per heavy atom. The standard InChI is InChI=1S/C12H26BP/c1-12(2)9-7-6-8-11(10-12)13-14(3,4)5/h11H,6-10H2,1-5H3/q+1. The molecule has 2 heteroatoms. The summed E-state index contributed by atoms with van der Waals surface area (Å²) in [7, 11) is -0.685. The predicted molar refractivity (Wildman–Crippen MR) is 71.1 cm³/mol. The number of hydrogen-bond acceptors (Lipinski definition) is 0. The highest BCUT2D eigenvalue weighted by molar-refractivity contribution is 7.99. The molecule has 1 aliphatic rings. The van der Waals surface area contributed by atoms with Crippen LogP contribution in [0.3, 0.4) is 0 Å². The first-order valence-electron chi connectivity index (χ1n) is 5.96. The van der Waals surface area contributed by atoms with Gasteiger partial charge in [-0.25, -0.2) is 0 Å². The van der Waals surface area contributed by atoms with E-state index in [2.05, 4.69) is 40.8 Å². The first-order valence-corrected chi connectivity index (χ1v) is 9.16. The average Bonchev–Trinajstić information content (AvgIpc) is 2.06. The van der Waals surface area contributed by atoms with Crippen molar-refractivity contribution in [3.05, 3.63) is 0 Å². The highest BCUT2D eigenvalue weighted by atomic mass is 31.2. The van der Waals surface area contributed by atoms with E-state index in [0.717, 1.165) is 5.82 Å². The summed E-state index contributed by atoms with van der Waals surface area (Å²) in [5.41, 5.74) is 0.590. The third-order valence-electron chi connectivity index (χ3n) is 3.15. The summed E-state index contributed by atoms with van der Waals surface area (Å²) in [5.74, 6) is 0.904. The second-order valence-electron chi connectivity index (χ2n) is 6.64. The largest absolute Gasteiger partial charge is 0.359 e. The highest BCUT2D eigenvalue weighted by Gasteiger charge is 2.34. The van der Waals surface area contributed by atoms with E-state index in [1.807, 2.05) is 0 Å². The van der Waals surface area contributed by atoms with E-state index >= 15 is 0 Å². The minimum absolute atomic E-state index is 0.590. The zero-order chi connectivity index (χ0) is 10.8. The molecule has 1 atom stereocenters. The lowest BCUT2D eigenvalue weighted by molar-refractivity contribution is 0.314. The molecule has 0 aromatic carbocycles. The Kier molecular flexibility index (Phi) is 4.09. The van der Waals surface area contributed by atoms with Gasteiger partial charge < -0.3 is 0 Å². The lowest BCUT2D eigenvalue weighted by Gasteiger charge is -2.26. The van der Waals surface area contributed by atoms with E-state index in [9.17, 15) is 0 Å². The summed E-state index contributed by atoms with van der Waals surface area (Å²) in [4.78, 5) is 0. The van der Waals surface area contributed by atoms with Crippen molar-refractivity contribution in [3.63, 3.8) is 0 Å². The van der Waals surface area contributed by atoms with Crippen molar-refractivity contribution in [2.75, 3.05) is 20.0 Å². The molecule has 1 unspecified atom stereocenters. The Labute approximate surface area is 91.8 Å². The quantitative estimate of drug-likeness (QED) is 0.364. The van der Waals surface area contributed by atoms with Crippen LogP contribution in [0.15, 0.2) is 0 Å². The van der Waals surface area contributed by atoms with Gasteiger partial charge in [0.1, 0.15) is 0 Å². The van der Waals surface area contributed by atoms with Crippen molar-refractivity contribution in [2.45, 2.75) is 51.8 Å². The maximum atomic E-state index is 2.69. The fourth-order valence-electron chi connectivity index (χ4n) is 2.68. The Morgan fingerprint density at radius 2 is 1.79 bits per heavy atom. The third kappa shape index (κ3) is 4.83. The van der Waals surface area contributed by atoms with Crippen molar-refractivity contribution in [3.8, 4) is 0 Å². The van der Waals surface area contributed by atoms with Gasteiger partial charge in [0, 0.05) is 20.0 Å². The van der Waals surface area contributed by atoms with Crippen LogP contribution in [0.1, 0.15) is 46.0 Å². The summed E-state index contributed by atoms with van der Waals surface area (Å²) >= 11 is 0. The first-order chi connectivity index (χ1) is 6.29. The Bertz CT molecular complexity index is 181. The number of rotatable bonds is 2. The lowest BCUT2D eigenvalue weighted by atomic mass is 9.72. The van der Waals surface area contributed by atoms with Crippen LogP contribution >= 0.6 is 7.14 Å². The smallest absolute Gasteiger partial charge is 0.0599 e. The average molecular weight is 212 g/mol. The second kappa shape index (κ2) is 4.56. The summed E-state index contributed by atoms with van der Waals surface area (Å²) in [6, 6.07) is 0. The zero-order valence-corrected chi connectivity index (χ0v) is 11.5. The Hall–Kier alpha value is 0.495. The SMILES string of the molecule is CC1(C)CCCCC([B][P+](C)(C)C)C1. The van der Waals surface area contributed by atoms with Gasteiger partial charge in [-0.15, -0.1) is 0 Å². The van der Waals surface area contributed by atoms with Gasteiger partial charge in [0.2, 0.25) is 0 Å². The zero-order valence-electron chi connectivity index (χ0n) is 10.6. The first kappa shape index (κ1) is 12.6. The van der Waals surface area contributed by atoms with E-state index in [4.69, 9.17) is 0 Å². The molecule has 0 saturated heterocycles. The Balaban J connectivity index is 2.52. The Morgan fingerprint density at radius 3 is 2.36 bits per heavy atom. The van der Waals surface area contributed by atoms with E-state index in [0.29, 0.717) is 5.41 Å². The molecule has 14 heavy (non-hydrogen) atoms. The monoisotopic (exact) mass is 212 g/mol. The van der Waals surface area contributed by atoms with Crippen molar-refractivity contribution in [1.29, 1.82) is 0 Å². The molecule has 0 amide bonds. The maximum Gasteiger partial charge on any atom is 0.359 e. The molecule has 0 aliphatic heterocycles. The lowest BCUT2D eigenvalue weighted by Crippen LogP contribution is -2.16. The van der Waals surface area contributed by atoms with Gasteiger partial charge in [-0.05, 0) is 31.2 Å². The normalized spacial score (nSPS) is 28.2. The van der Waals surface area contributed by atoms with Gasteiger partial charge in [-0.1, -0.05) is 33.1 Å². The van der Waals surface area contributed by atoms with Gasteiger partial charge in [-0.3, -0.25) is 0 Å². The van der Waals surface area contributed by atoms with Gasteiger partial charge in [0.25, 0.3) is 0 Å². The second-order valence-corrected chi connectivity index (χ2v) is 11.2. The molecule has 81 valence electrons. The molecular formula is C12H26BP+. The summed E-state index contributed by atoms with van der Waals surface area (Å²) in [5, 5.41) is 0.